The monoisotopic (exact) mass is 472 g/mol. The molecule has 0 bridgehead atoms. The van der Waals surface area contributed by atoms with Gasteiger partial charge < -0.3 is 9.47 Å². The molecule has 0 saturated carbocycles. The molecule has 1 N–H and O–H groups in total. The first-order valence-electron chi connectivity index (χ1n) is 8.86. The van der Waals surface area contributed by atoms with E-state index < -0.39 is 0 Å². The molecule has 150 valence electrons. The van der Waals surface area contributed by atoms with Gasteiger partial charge in [-0.2, -0.15) is 0 Å². The zero-order chi connectivity index (χ0) is 21.0. The number of thiazole rings is 1. The van der Waals surface area contributed by atoms with E-state index in [0.717, 1.165) is 26.2 Å². The highest BCUT2D eigenvalue weighted by atomic mass is 79.9. The van der Waals surface area contributed by atoms with E-state index in [9.17, 15) is 4.79 Å². The van der Waals surface area contributed by atoms with E-state index >= 15 is 0 Å². The number of amides is 1. The third kappa shape index (κ3) is 5.05. The number of carbonyl (C=O) groups excluding carboxylic acids is 1. The Morgan fingerprint density at radius 1 is 1.14 bits per heavy atom. The fraction of sp³-hybridized carbons (Fsp3) is 0.182. The Bertz CT molecular complexity index is 1060. The zero-order valence-corrected chi connectivity index (χ0v) is 19.0. The van der Waals surface area contributed by atoms with Crippen LogP contribution in [0.2, 0.25) is 0 Å². The Hall–Kier alpha value is -2.64. The van der Waals surface area contributed by atoms with Crippen LogP contribution in [0.25, 0.3) is 17.3 Å². The molecule has 0 spiro atoms. The lowest BCUT2D eigenvalue weighted by atomic mass is 10.1. The second-order valence-corrected chi connectivity index (χ2v) is 8.41. The molecule has 2 aromatic carbocycles. The van der Waals surface area contributed by atoms with E-state index in [0.29, 0.717) is 16.6 Å². The van der Waals surface area contributed by atoms with Crippen molar-refractivity contribution in [1.29, 1.82) is 0 Å². The molecule has 0 radical (unpaired) electrons. The van der Waals surface area contributed by atoms with Gasteiger partial charge >= 0.3 is 0 Å². The first-order valence-corrected chi connectivity index (χ1v) is 10.5. The minimum absolute atomic E-state index is 0.250. The van der Waals surface area contributed by atoms with Gasteiger partial charge in [0, 0.05) is 16.5 Å². The number of hydrogen-bond acceptors (Lipinski definition) is 5. The molecule has 3 aromatic rings. The van der Waals surface area contributed by atoms with Gasteiger partial charge in [0.2, 0.25) is 5.91 Å². The molecular weight excluding hydrogens is 452 g/mol. The number of rotatable bonds is 6. The standard InChI is InChI=1S/C22H21BrN2O3S/c1-13-5-8-16(9-6-13)20-14(2)29-22(25-20)24-19(26)10-7-15-11-17(23)21(28-4)18(12-15)27-3/h5-12H,1-4H3,(H,24,25,26). The van der Waals surface area contributed by atoms with Crippen molar-refractivity contribution in [3.05, 3.63) is 63.0 Å². The molecule has 29 heavy (non-hydrogen) atoms. The molecule has 0 fully saturated rings. The van der Waals surface area contributed by atoms with Gasteiger partial charge in [-0.25, -0.2) is 4.98 Å². The summed E-state index contributed by atoms with van der Waals surface area (Å²) in [5.74, 6) is 0.941. The van der Waals surface area contributed by atoms with Crippen LogP contribution in [0.3, 0.4) is 0 Å². The summed E-state index contributed by atoms with van der Waals surface area (Å²) in [5.41, 5.74) is 3.93. The van der Waals surface area contributed by atoms with Crippen LogP contribution in [0.5, 0.6) is 11.5 Å². The Morgan fingerprint density at radius 2 is 1.86 bits per heavy atom. The summed E-state index contributed by atoms with van der Waals surface area (Å²) in [4.78, 5) is 18.0. The molecule has 1 amide bonds. The van der Waals surface area contributed by atoms with Gasteiger partial charge in [-0.1, -0.05) is 29.8 Å². The highest BCUT2D eigenvalue weighted by molar-refractivity contribution is 9.10. The number of nitrogens with one attached hydrogen (secondary N) is 1. The molecule has 1 heterocycles. The summed E-state index contributed by atoms with van der Waals surface area (Å²) in [6.07, 6.45) is 3.18. The molecule has 0 unspecified atom stereocenters. The molecule has 0 saturated heterocycles. The minimum atomic E-state index is -0.250. The van der Waals surface area contributed by atoms with E-state index in [2.05, 4.69) is 38.4 Å². The van der Waals surface area contributed by atoms with Crippen molar-refractivity contribution in [3.8, 4) is 22.8 Å². The maximum Gasteiger partial charge on any atom is 0.250 e. The van der Waals surface area contributed by atoms with Crippen LogP contribution in [-0.2, 0) is 4.79 Å². The van der Waals surface area contributed by atoms with E-state index in [1.165, 1.54) is 23.0 Å². The summed E-state index contributed by atoms with van der Waals surface area (Å²) >= 11 is 4.91. The molecule has 5 nitrogen and oxygen atoms in total. The minimum Gasteiger partial charge on any atom is -0.493 e. The lowest BCUT2D eigenvalue weighted by molar-refractivity contribution is -0.111. The number of aromatic nitrogens is 1. The molecule has 0 atom stereocenters. The number of ether oxygens (including phenoxy) is 2. The molecule has 7 heteroatoms. The van der Waals surface area contributed by atoms with E-state index in [-0.39, 0.29) is 5.91 Å². The second kappa shape index (κ2) is 9.24. The summed E-state index contributed by atoms with van der Waals surface area (Å²) in [6.45, 7) is 4.05. The van der Waals surface area contributed by atoms with Crippen LogP contribution in [-0.4, -0.2) is 25.1 Å². The molecule has 1 aromatic heterocycles. The number of benzene rings is 2. The number of nitrogens with zero attached hydrogens (tertiary/aromatic N) is 1. The Morgan fingerprint density at radius 3 is 2.52 bits per heavy atom. The van der Waals surface area contributed by atoms with Crippen molar-refractivity contribution in [3.63, 3.8) is 0 Å². The quantitative estimate of drug-likeness (QED) is 0.456. The van der Waals surface area contributed by atoms with Crippen molar-refractivity contribution in [1.82, 2.24) is 4.98 Å². The van der Waals surface area contributed by atoms with Crippen molar-refractivity contribution < 1.29 is 14.3 Å². The van der Waals surface area contributed by atoms with Gasteiger partial charge in [0.15, 0.2) is 16.6 Å². The van der Waals surface area contributed by atoms with Crippen LogP contribution in [0.15, 0.2) is 46.9 Å². The van der Waals surface area contributed by atoms with E-state index in [1.807, 2.05) is 32.0 Å². The number of halogens is 1. The molecule has 3 rings (SSSR count). The highest BCUT2D eigenvalue weighted by Gasteiger charge is 2.12. The third-order valence-corrected chi connectivity index (χ3v) is 5.71. The van der Waals surface area contributed by atoms with Gasteiger partial charge in [0.05, 0.1) is 24.4 Å². The first kappa shape index (κ1) is 21.1. The number of hydrogen-bond donors (Lipinski definition) is 1. The van der Waals surface area contributed by atoms with Crippen LogP contribution in [0, 0.1) is 13.8 Å². The van der Waals surface area contributed by atoms with Gasteiger partial charge in [-0.3, -0.25) is 10.1 Å². The van der Waals surface area contributed by atoms with Gasteiger partial charge in [-0.05, 0) is 53.5 Å². The predicted molar refractivity (Wildman–Crippen MR) is 122 cm³/mol. The van der Waals surface area contributed by atoms with Gasteiger partial charge in [0.25, 0.3) is 0 Å². The van der Waals surface area contributed by atoms with Crippen molar-refractivity contribution in [2.45, 2.75) is 13.8 Å². The van der Waals surface area contributed by atoms with E-state index in [1.54, 1.807) is 26.4 Å². The number of anilines is 1. The zero-order valence-electron chi connectivity index (χ0n) is 16.6. The largest absolute Gasteiger partial charge is 0.493 e. The van der Waals surface area contributed by atoms with Crippen molar-refractivity contribution in [2.75, 3.05) is 19.5 Å². The summed E-state index contributed by atoms with van der Waals surface area (Å²) in [6, 6.07) is 11.8. The van der Waals surface area contributed by atoms with Crippen molar-refractivity contribution in [2.24, 2.45) is 0 Å². The van der Waals surface area contributed by atoms with Gasteiger partial charge in [0.1, 0.15) is 0 Å². The van der Waals surface area contributed by atoms with E-state index in [4.69, 9.17) is 9.47 Å². The van der Waals surface area contributed by atoms with Crippen LogP contribution in [0.4, 0.5) is 5.13 Å². The van der Waals surface area contributed by atoms with Crippen LogP contribution < -0.4 is 14.8 Å². The molecule has 0 aliphatic carbocycles. The molecular formula is C22H21BrN2O3S. The fourth-order valence-electron chi connectivity index (χ4n) is 2.78. The molecule has 0 aliphatic heterocycles. The molecule has 0 aliphatic rings. The number of methoxy groups -OCH3 is 2. The average molecular weight is 473 g/mol. The Balaban J connectivity index is 1.74. The van der Waals surface area contributed by atoms with Gasteiger partial charge in [-0.15, -0.1) is 11.3 Å². The SMILES string of the molecule is COc1cc(C=CC(=O)Nc2nc(-c3ccc(C)cc3)c(C)s2)cc(Br)c1OC. The normalized spacial score (nSPS) is 10.9. The number of carbonyl (C=O) groups is 1. The fourth-order valence-corrected chi connectivity index (χ4v) is 4.24. The lowest BCUT2D eigenvalue weighted by Crippen LogP contribution is -2.07. The smallest absolute Gasteiger partial charge is 0.250 e. The summed E-state index contributed by atoms with van der Waals surface area (Å²) in [5, 5.41) is 3.40. The summed E-state index contributed by atoms with van der Waals surface area (Å²) < 4.78 is 11.4. The highest BCUT2D eigenvalue weighted by Crippen LogP contribution is 2.36. The maximum absolute atomic E-state index is 12.4. The maximum atomic E-state index is 12.4. The second-order valence-electron chi connectivity index (χ2n) is 6.35. The first-order chi connectivity index (χ1) is 13.9. The predicted octanol–water partition coefficient (Wildman–Crippen LogP) is 5.86. The average Bonchev–Trinajstić information content (AvgIpc) is 3.06. The van der Waals surface area contributed by atoms with Crippen molar-refractivity contribution >= 4 is 44.4 Å². The summed E-state index contributed by atoms with van der Waals surface area (Å²) in [7, 11) is 3.15. The third-order valence-electron chi connectivity index (χ3n) is 4.23. The lowest BCUT2D eigenvalue weighted by Gasteiger charge is -2.10. The van der Waals surface area contributed by atoms with Crippen LogP contribution >= 0.6 is 27.3 Å². The Kier molecular flexibility index (Phi) is 6.71. The topological polar surface area (TPSA) is 60.5 Å². The Labute approximate surface area is 182 Å². The van der Waals surface area contributed by atoms with Crippen LogP contribution in [0.1, 0.15) is 16.0 Å². The number of aryl methyl sites for hydroxylation is 2.